The van der Waals surface area contributed by atoms with E-state index in [1.54, 1.807) is 7.11 Å². The first-order valence-electron chi connectivity index (χ1n) is 8.89. The summed E-state index contributed by atoms with van der Waals surface area (Å²) in [4.78, 5) is 14.4. The van der Waals surface area contributed by atoms with Gasteiger partial charge in [0.25, 0.3) is 0 Å². The molecule has 1 heterocycles. The molecule has 1 aliphatic rings. The van der Waals surface area contributed by atoms with E-state index >= 15 is 0 Å². The summed E-state index contributed by atoms with van der Waals surface area (Å²) in [5, 5.41) is 0. The van der Waals surface area contributed by atoms with Crippen molar-refractivity contribution < 1.29 is 19.0 Å². The lowest BCUT2D eigenvalue weighted by Crippen LogP contribution is -2.44. The number of carbonyl (C=O) groups excluding carboxylic acids is 1. The Morgan fingerprint density at radius 1 is 1.12 bits per heavy atom. The maximum Gasteiger partial charge on any atom is 0.310 e. The fourth-order valence-electron chi connectivity index (χ4n) is 3.01. The predicted molar refractivity (Wildman–Crippen MR) is 99.1 cm³/mol. The van der Waals surface area contributed by atoms with Crippen LogP contribution in [0.5, 0.6) is 5.75 Å². The number of ether oxygens (including phenoxy) is 3. The number of methoxy groups -OCH3 is 1. The topological polar surface area (TPSA) is 48.0 Å². The van der Waals surface area contributed by atoms with Crippen molar-refractivity contribution in [3.63, 3.8) is 0 Å². The molecule has 1 unspecified atom stereocenters. The Labute approximate surface area is 154 Å². The van der Waals surface area contributed by atoms with Gasteiger partial charge in [-0.1, -0.05) is 42.5 Å². The summed E-state index contributed by atoms with van der Waals surface area (Å²) in [5.41, 5.74) is 2.19. The second kappa shape index (κ2) is 9.36. The van der Waals surface area contributed by atoms with Crippen LogP contribution < -0.4 is 4.74 Å². The number of hydrogen-bond donors (Lipinski definition) is 0. The molecule has 0 amide bonds. The van der Waals surface area contributed by atoms with Crippen molar-refractivity contribution in [2.45, 2.75) is 19.1 Å². The normalized spacial score (nSPS) is 17.7. The molecule has 0 aromatic heterocycles. The van der Waals surface area contributed by atoms with Crippen LogP contribution in [-0.4, -0.2) is 50.4 Å². The Morgan fingerprint density at radius 2 is 1.88 bits per heavy atom. The second-order valence-corrected chi connectivity index (χ2v) is 6.42. The molecule has 1 saturated heterocycles. The zero-order valence-corrected chi connectivity index (χ0v) is 15.1. The zero-order valence-electron chi connectivity index (χ0n) is 15.1. The third kappa shape index (κ3) is 5.58. The molecule has 1 aliphatic heterocycles. The molecule has 0 bridgehead atoms. The second-order valence-electron chi connectivity index (χ2n) is 6.42. The summed E-state index contributed by atoms with van der Waals surface area (Å²) in [6, 6.07) is 17.8. The van der Waals surface area contributed by atoms with E-state index in [-0.39, 0.29) is 18.5 Å². The maximum absolute atomic E-state index is 12.1. The summed E-state index contributed by atoms with van der Waals surface area (Å²) in [6.45, 7) is 3.50. The maximum atomic E-state index is 12.1. The summed E-state index contributed by atoms with van der Waals surface area (Å²) in [6.07, 6.45) is 0.178. The van der Waals surface area contributed by atoms with Crippen LogP contribution in [0.25, 0.3) is 0 Å². The Bertz CT molecular complexity index is 687. The number of hydrogen-bond acceptors (Lipinski definition) is 5. The van der Waals surface area contributed by atoms with Crippen LogP contribution in [0.3, 0.4) is 0 Å². The van der Waals surface area contributed by atoms with Crippen molar-refractivity contribution in [3.8, 4) is 5.75 Å². The zero-order chi connectivity index (χ0) is 18.2. The molecule has 5 nitrogen and oxygen atoms in total. The lowest BCUT2D eigenvalue weighted by atomic mass is 10.1. The number of esters is 1. The van der Waals surface area contributed by atoms with Crippen molar-refractivity contribution in [1.82, 2.24) is 4.90 Å². The summed E-state index contributed by atoms with van der Waals surface area (Å²) >= 11 is 0. The fourth-order valence-corrected chi connectivity index (χ4v) is 3.01. The minimum Gasteiger partial charge on any atom is -0.497 e. The molecule has 0 aliphatic carbocycles. The van der Waals surface area contributed by atoms with E-state index in [0.717, 1.165) is 30.9 Å². The molecule has 0 radical (unpaired) electrons. The van der Waals surface area contributed by atoms with Crippen molar-refractivity contribution in [1.29, 1.82) is 0 Å². The van der Waals surface area contributed by atoms with Gasteiger partial charge in [-0.3, -0.25) is 9.69 Å². The molecule has 1 atom stereocenters. The molecule has 0 saturated carbocycles. The standard InChI is InChI=1S/C21H25NO4/c1-24-19-9-7-17(8-10-19)13-21(23)26-16-20-15-22(11-12-25-20)14-18-5-3-2-4-6-18/h2-10,20H,11-16H2,1H3. The monoisotopic (exact) mass is 355 g/mol. The quantitative estimate of drug-likeness (QED) is 0.715. The first-order chi connectivity index (χ1) is 12.7. The molecule has 0 N–H and O–H groups in total. The Hall–Kier alpha value is -2.37. The van der Waals surface area contributed by atoms with Crippen molar-refractivity contribution in [2.75, 3.05) is 33.4 Å². The first kappa shape index (κ1) is 18.4. The molecule has 0 spiro atoms. The van der Waals surface area contributed by atoms with E-state index in [0.29, 0.717) is 13.2 Å². The van der Waals surface area contributed by atoms with Crippen molar-refractivity contribution in [2.24, 2.45) is 0 Å². The van der Waals surface area contributed by atoms with Gasteiger partial charge in [0, 0.05) is 19.6 Å². The SMILES string of the molecule is COc1ccc(CC(=O)OCC2CN(Cc3ccccc3)CCO2)cc1. The highest BCUT2D eigenvalue weighted by atomic mass is 16.6. The van der Waals surface area contributed by atoms with E-state index in [1.807, 2.05) is 42.5 Å². The van der Waals surface area contributed by atoms with Crippen LogP contribution in [0.1, 0.15) is 11.1 Å². The lowest BCUT2D eigenvalue weighted by Gasteiger charge is -2.32. The van der Waals surface area contributed by atoms with Gasteiger partial charge < -0.3 is 14.2 Å². The van der Waals surface area contributed by atoms with Gasteiger partial charge >= 0.3 is 5.97 Å². The summed E-state index contributed by atoms with van der Waals surface area (Å²) < 4.78 is 16.3. The van der Waals surface area contributed by atoms with Crippen LogP contribution in [0.2, 0.25) is 0 Å². The highest BCUT2D eigenvalue weighted by Crippen LogP contribution is 2.13. The van der Waals surface area contributed by atoms with Gasteiger partial charge in [0.2, 0.25) is 0 Å². The van der Waals surface area contributed by atoms with Gasteiger partial charge in [0.1, 0.15) is 18.5 Å². The highest BCUT2D eigenvalue weighted by molar-refractivity contribution is 5.72. The van der Waals surface area contributed by atoms with Gasteiger partial charge in [0.15, 0.2) is 0 Å². The largest absolute Gasteiger partial charge is 0.497 e. The molecule has 138 valence electrons. The molecule has 5 heteroatoms. The van der Waals surface area contributed by atoms with Gasteiger partial charge in [0.05, 0.1) is 20.1 Å². The van der Waals surface area contributed by atoms with Gasteiger partial charge in [-0.25, -0.2) is 0 Å². The summed E-state index contributed by atoms with van der Waals surface area (Å²) in [5.74, 6) is 0.537. The van der Waals surface area contributed by atoms with E-state index in [9.17, 15) is 4.79 Å². The van der Waals surface area contributed by atoms with Gasteiger partial charge in [-0.05, 0) is 23.3 Å². The van der Waals surface area contributed by atoms with Crippen LogP contribution in [0.4, 0.5) is 0 Å². The Kier molecular flexibility index (Phi) is 6.63. The molecular formula is C21H25NO4. The van der Waals surface area contributed by atoms with E-state index in [4.69, 9.17) is 14.2 Å². The Morgan fingerprint density at radius 3 is 2.62 bits per heavy atom. The van der Waals surface area contributed by atoms with Gasteiger partial charge in [-0.2, -0.15) is 0 Å². The molecule has 2 aromatic rings. The Balaban J connectivity index is 1.42. The molecular weight excluding hydrogens is 330 g/mol. The van der Waals surface area contributed by atoms with Crippen LogP contribution >= 0.6 is 0 Å². The van der Waals surface area contributed by atoms with Crippen molar-refractivity contribution in [3.05, 3.63) is 65.7 Å². The summed E-state index contributed by atoms with van der Waals surface area (Å²) in [7, 11) is 1.62. The smallest absolute Gasteiger partial charge is 0.310 e. The van der Waals surface area contributed by atoms with Gasteiger partial charge in [-0.15, -0.1) is 0 Å². The number of morpholine rings is 1. The average Bonchev–Trinajstić information content (AvgIpc) is 2.68. The van der Waals surface area contributed by atoms with Crippen LogP contribution in [0, 0.1) is 0 Å². The fraction of sp³-hybridized carbons (Fsp3) is 0.381. The number of nitrogens with zero attached hydrogens (tertiary/aromatic N) is 1. The van der Waals surface area contributed by atoms with E-state index in [2.05, 4.69) is 17.0 Å². The molecule has 3 rings (SSSR count). The average molecular weight is 355 g/mol. The van der Waals surface area contributed by atoms with Crippen LogP contribution in [0.15, 0.2) is 54.6 Å². The van der Waals surface area contributed by atoms with Crippen molar-refractivity contribution >= 4 is 5.97 Å². The highest BCUT2D eigenvalue weighted by Gasteiger charge is 2.22. The minimum atomic E-state index is -0.237. The first-order valence-corrected chi connectivity index (χ1v) is 8.89. The number of rotatable bonds is 7. The third-order valence-electron chi connectivity index (χ3n) is 4.41. The molecule has 26 heavy (non-hydrogen) atoms. The lowest BCUT2D eigenvalue weighted by molar-refractivity contribution is -0.149. The van der Waals surface area contributed by atoms with E-state index in [1.165, 1.54) is 5.56 Å². The number of benzene rings is 2. The predicted octanol–water partition coefficient (Wildman–Crippen LogP) is 2.68. The number of carbonyl (C=O) groups is 1. The van der Waals surface area contributed by atoms with E-state index < -0.39 is 0 Å². The van der Waals surface area contributed by atoms with Crippen LogP contribution in [-0.2, 0) is 27.2 Å². The molecule has 1 fully saturated rings. The molecule has 2 aromatic carbocycles. The third-order valence-corrected chi connectivity index (χ3v) is 4.41. The minimum absolute atomic E-state index is 0.0766.